The minimum Gasteiger partial charge on any atom is -0.456 e. The molecule has 22 heavy (non-hydrogen) atoms. The van der Waals surface area contributed by atoms with Gasteiger partial charge in [0.2, 0.25) is 0 Å². The van der Waals surface area contributed by atoms with Crippen molar-refractivity contribution in [2.24, 2.45) is 0 Å². The minimum atomic E-state index is -0.530. The summed E-state index contributed by atoms with van der Waals surface area (Å²) in [5.41, 5.74) is 2.38. The number of nitrogens with one attached hydrogen (secondary N) is 1. The average molecular weight is 294 g/mol. The second-order valence-electron chi connectivity index (χ2n) is 6.16. The van der Waals surface area contributed by atoms with E-state index in [-0.39, 0.29) is 5.97 Å². The zero-order valence-electron chi connectivity index (χ0n) is 12.9. The van der Waals surface area contributed by atoms with Gasteiger partial charge in [0.1, 0.15) is 16.9 Å². The number of hydrogen-bond acceptors (Lipinski definition) is 3. The second kappa shape index (κ2) is 5.30. The number of benzene rings is 2. The summed E-state index contributed by atoms with van der Waals surface area (Å²) in [4.78, 5) is 20.2. The highest BCUT2D eigenvalue weighted by molar-refractivity contribution is 6.02. The predicted molar refractivity (Wildman–Crippen MR) is 86.7 cm³/mol. The lowest BCUT2D eigenvalue weighted by molar-refractivity contribution is 0.00717. The molecule has 2 aromatic carbocycles. The van der Waals surface area contributed by atoms with Crippen molar-refractivity contribution in [1.29, 1.82) is 0 Å². The number of fused-ring (bicyclic) bond motifs is 1. The molecule has 0 radical (unpaired) electrons. The van der Waals surface area contributed by atoms with Crippen LogP contribution < -0.4 is 0 Å². The van der Waals surface area contributed by atoms with Crippen LogP contribution in [0.1, 0.15) is 31.1 Å². The zero-order valence-corrected chi connectivity index (χ0v) is 12.9. The molecule has 0 unspecified atom stereocenters. The molecule has 0 aliphatic carbocycles. The lowest BCUT2D eigenvalue weighted by atomic mass is 10.1. The Morgan fingerprint density at radius 3 is 2.45 bits per heavy atom. The normalized spacial score (nSPS) is 11.6. The number of aromatic amines is 1. The highest BCUT2D eigenvalue weighted by atomic mass is 16.6. The molecule has 1 aromatic heterocycles. The van der Waals surface area contributed by atoms with Crippen LogP contribution in [0.3, 0.4) is 0 Å². The van der Waals surface area contributed by atoms with Gasteiger partial charge >= 0.3 is 5.97 Å². The third kappa shape index (κ3) is 2.86. The summed E-state index contributed by atoms with van der Waals surface area (Å²) >= 11 is 0. The molecule has 0 spiro atoms. The largest absolute Gasteiger partial charge is 0.456 e. The van der Waals surface area contributed by atoms with E-state index in [1.54, 1.807) is 6.07 Å². The Hall–Kier alpha value is -2.62. The maximum atomic E-state index is 12.3. The summed E-state index contributed by atoms with van der Waals surface area (Å²) in [5.74, 6) is 0.385. The van der Waals surface area contributed by atoms with Gasteiger partial charge in [-0.2, -0.15) is 0 Å². The molecule has 0 amide bonds. The molecular weight excluding hydrogens is 276 g/mol. The van der Waals surface area contributed by atoms with Gasteiger partial charge in [0.25, 0.3) is 0 Å². The van der Waals surface area contributed by atoms with Gasteiger partial charge in [0.15, 0.2) is 0 Å². The van der Waals surface area contributed by atoms with E-state index in [9.17, 15) is 4.79 Å². The summed E-state index contributed by atoms with van der Waals surface area (Å²) in [7, 11) is 0. The van der Waals surface area contributed by atoms with Crippen molar-refractivity contribution in [2.45, 2.75) is 26.4 Å². The quantitative estimate of drug-likeness (QED) is 0.721. The molecule has 0 fully saturated rings. The standard InChI is InChI=1S/C18H18N2O2/c1-18(2,3)22-17(21)13-10-7-11-14-15(13)20-16(19-14)12-8-5-4-6-9-12/h4-11H,1-3H3,(H,19,20). The summed E-state index contributed by atoms with van der Waals surface area (Å²) in [6, 6.07) is 15.3. The Balaban J connectivity index is 2.06. The summed E-state index contributed by atoms with van der Waals surface area (Å²) in [5, 5.41) is 0. The number of para-hydroxylation sites is 1. The van der Waals surface area contributed by atoms with Gasteiger partial charge in [-0.25, -0.2) is 9.78 Å². The molecule has 0 bridgehead atoms. The Labute approximate surface area is 129 Å². The Bertz CT molecular complexity index is 814. The fraction of sp³-hybridized carbons (Fsp3) is 0.222. The van der Waals surface area contributed by atoms with Gasteiger partial charge in [-0.1, -0.05) is 36.4 Å². The fourth-order valence-electron chi connectivity index (χ4n) is 2.26. The maximum Gasteiger partial charge on any atom is 0.340 e. The molecule has 3 aromatic rings. The predicted octanol–water partition coefficient (Wildman–Crippen LogP) is 4.19. The van der Waals surface area contributed by atoms with E-state index in [1.807, 2.05) is 63.2 Å². The lowest BCUT2D eigenvalue weighted by Crippen LogP contribution is -2.24. The van der Waals surface area contributed by atoms with E-state index in [0.29, 0.717) is 11.1 Å². The Morgan fingerprint density at radius 2 is 1.77 bits per heavy atom. The van der Waals surface area contributed by atoms with Crippen molar-refractivity contribution in [3.63, 3.8) is 0 Å². The second-order valence-corrected chi connectivity index (χ2v) is 6.16. The van der Waals surface area contributed by atoms with E-state index < -0.39 is 5.60 Å². The third-order valence-electron chi connectivity index (χ3n) is 3.18. The third-order valence-corrected chi connectivity index (χ3v) is 3.18. The van der Waals surface area contributed by atoms with Crippen LogP contribution in [0.5, 0.6) is 0 Å². The van der Waals surface area contributed by atoms with Crippen molar-refractivity contribution in [2.75, 3.05) is 0 Å². The van der Waals surface area contributed by atoms with Gasteiger partial charge in [0, 0.05) is 5.56 Å². The zero-order chi connectivity index (χ0) is 15.7. The molecule has 0 aliphatic heterocycles. The molecule has 4 heteroatoms. The Morgan fingerprint density at radius 1 is 1.05 bits per heavy atom. The lowest BCUT2D eigenvalue weighted by Gasteiger charge is -2.19. The number of imidazole rings is 1. The molecule has 3 rings (SSSR count). The van der Waals surface area contributed by atoms with Crippen LogP contribution in [-0.4, -0.2) is 21.5 Å². The summed E-state index contributed by atoms with van der Waals surface area (Å²) in [6.45, 7) is 5.56. The first-order valence-electron chi connectivity index (χ1n) is 7.21. The van der Waals surface area contributed by atoms with Crippen LogP contribution in [-0.2, 0) is 4.74 Å². The van der Waals surface area contributed by atoms with Gasteiger partial charge in [-0.05, 0) is 32.9 Å². The first kappa shape index (κ1) is 14.3. The highest BCUT2D eigenvalue weighted by Crippen LogP contribution is 2.24. The molecule has 0 atom stereocenters. The van der Waals surface area contributed by atoms with Crippen molar-refractivity contribution < 1.29 is 9.53 Å². The van der Waals surface area contributed by atoms with Crippen molar-refractivity contribution >= 4 is 17.0 Å². The molecule has 4 nitrogen and oxygen atoms in total. The van der Waals surface area contributed by atoms with Crippen molar-refractivity contribution in [1.82, 2.24) is 9.97 Å². The molecule has 0 saturated heterocycles. The van der Waals surface area contributed by atoms with Crippen molar-refractivity contribution in [3.05, 3.63) is 54.1 Å². The van der Waals surface area contributed by atoms with Crippen LogP contribution in [0.2, 0.25) is 0 Å². The number of aromatic nitrogens is 2. The van der Waals surface area contributed by atoms with Crippen molar-refractivity contribution in [3.8, 4) is 11.4 Å². The molecule has 0 saturated carbocycles. The van der Waals surface area contributed by atoms with Gasteiger partial charge < -0.3 is 9.72 Å². The number of nitrogens with zero attached hydrogens (tertiary/aromatic N) is 1. The SMILES string of the molecule is CC(C)(C)OC(=O)c1cccc2[nH]c(-c3ccccc3)nc12. The van der Waals surface area contributed by atoms with Gasteiger partial charge in [-0.15, -0.1) is 0 Å². The summed E-state index contributed by atoms with van der Waals surface area (Å²) < 4.78 is 5.45. The number of hydrogen-bond donors (Lipinski definition) is 1. The number of ether oxygens (including phenoxy) is 1. The number of carbonyl (C=O) groups is 1. The average Bonchev–Trinajstić information content (AvgIpc) is 2.90. The van der Waals surface area contributed by atoms with Crippen LogP contribution in [0, 0.1) is 0 Å². The van der Waals surface area contributed by atoms with E-state index in [2.05, 4.69) is 9.97 Å². The number of carbonyl (C=O) groups excluding carboxylic acids is 1. The van der Waals surface area contributed by atoms with E-state index in [0.717, 1.165) is 16.9 Å². The fourth-order valence-corrected chi connectivity index (χ4v) is 2.26. The minimum absolute atomic E-state index is 0.357. The molecule has 0 aliphatic rings. The van der Waals surface area contributed by atoms with E-state index in [4.69, 9.17) is 4.74 Å². The van der Waals surface area contributed by atoms with E-state index in [1.165, 1.54) is 0 Å². The number of esters is 1. The van der Waals surface area contributed by atoms with Crippen LogP contribution in [0.15, 0.2) is 48.5 Å². The first-order chi connectivity index (χ1) is 10.4. The highest BCUT2D eigenvalue weighted by Gasteiger charge is 2.21. The number of rotatable bonds is 2. The number of H-pyrrole nitrogens is 1. The summed E-state index contributed by atoms with van der Waals surface area (Å²) in [6.07, 6.45) is 0. The van der Waals surface area contributed by atoms with Gasteiger partial charge in [-0.3, -0.25) is 0 Å². The molecule has 112 valence electrons. The topological polar surface area (TPSA) is 55.0 Å². The smallest absolute Gasteiger partial charge is 0.340 e. The van der Waals surface area contributed by atoms with Crippen LogP contribution in [0.4, 0.5) is 0 Å². The van der Waals surface area contributed by atoms with Crippen LogP contribution >= 0.6 is 0 Å². The van der Waals surface area contributed by atoms with Crippen LogP contribution in [0.25, 0.3) is 22.4 Å². The maximum absolute atomic E-state index is 12.3. The molecule has 1 heterocycles. The monoisotopic (exact) mass is 294 g/mol. The Kier molecular flexibility index (Phi) is 3.45. The molecular formula is C18H18N2O2. The van der Waals surface area contributed by atoms with Gasteiger partial charge in [0.05, 0.1) is 11.1 Å². The molecule has 1 N–H and O–H groups in total. The first-order valence-corrected chi connectivity index (χ1v) is 7.21. The van der Waals surface area contributed by atoms with E-state index >= 15 is 0 Å².